The molecule has 1 amide bonds. The SMILES string of the molecule is O=C(Nc1cc(-n2cncn2)ncn1)c1cc(Cl)ccc1Cl. The van der Waals surface area contributed by atoms with Crippen molar-refractivity contribution in [2.24, 2.45) is 0 Å². The second kappa shape index (κ2) is 6.08. The van der Waals surface area contributed by atoms with Crippen LogP contribution in [-0.4, -0.2) is 30.6 Å². The predicted molar refractivity (Wildman–Crippen MR) is 81.4 cm³/mol. The van der Waals surface area contributed by atoms with Gasteiger partial charge in [-0.3, -0.25) is 4.79 Å². The van der Waals surface area contributed by atoms with Gasteiger partial charge in [-0.15, -0.1) is 0 Å². The number of aromatic nitrogens is 5. The van der Waals surface area contributed by atoms with Crippen molar-refractivity contribution in [2.45, 2.75) is 0 Å². The van der Waals surface area contributed by atoms with E-state index < -0.39 is 5.91 Å². The first kappa shape index (κ1) is 14.4. The maximum Gasteiger partial charge on any atom is 0.258 e. The number of halogens is 2. The van der Waals surface area contributed by atoms with Gasteiger partial charge >= 0.3 is 0 Å². The van der Waals surface area contributed by atoms with E-state index in [1.165, 1.54) is 29.7 Å². The molecule has 7 nitrogen and oxygen atoms in total. The van der Waals surface area contributed by atoms with Crippen molar-refractivity contribution in [2.75, 3.05) is 5.32 Å². The van der Waals surface area contributed by atoms with Crippen LogP contribution in [0, 0.1) is 0 Å². The molecule has 2 heterocycles. The minimum Gasteiger partial charge on any atom is -0.306 e. The smallest absolute Gasteiger partial charge is 0.258 e. The van der Waals surface area contributed by atoms with Crippen molar-refractivity contribution >= 4 is 34.9 Å². The van der Waals surface area contributed by atoms with Gasteiger partial charge in [0.2, 0.25) is 0 Å². The Morgan fingerprint density at radius 3 is 2.77 bits per heavy atom. The molecule has 0 aliphatic heterocycles. The average molecular weight is 335 g/mol. The molecule has 0 radical (unpaired) electrons. The Kier molecular flexibility index (Phi) is 3.99. The number of hydrogen-bond donors (Lipinski definition) is 1. The third-order valence-electron chi connectivity index (χ3n) is 2.72. The molecule has 0 fully saturated rings. The van der Waals surface area contributed by atoms with E-state index in [1.54, 1.807) is 18.2 Å². The third kappa shape index (κ3) is 3.05. The molecule has 0 unspecified atom stereocenters. The maximum atomic E-state index is 12.2. The van der Waals surface area contributed by atoms with E-state index in [0.717, 1.165) is 0 Å². The maximum absolute atomic E-state index is 12.2. The van der Waals surface area contributed by atoms with E-state index in [4.69, 9.17) is 23.2 Å². The van der Waals surface area contributed by atoms with E-state index >= 15 is 0 Å². The van der Waals surface area contributed by atoms with Gasteiger partial charge in [-0.05, 0) is 18.2 Å². The Bertz CT molecular complexity index is 821. The van der Waals surface area contributed by atoms with Crippen molar-refractivity contribution in [1.29, 1.82) is 0 Å². The molecule has 22 heavy (non-hydrogen) atoms. The zero-order valence-corrected chi connectivity index (χ0v) is 12.5. The Morgan fingerprint density at radius 2 is 2.00 bits per heavy atom. The molecule has 1 N–H and O–H groups in total. The van der Waals surface area contributed by atoms with Gasteiger partial charge < -0.3 is 5.32 Å². The summed E-state index contributed by atoms with van der Waals surface area (Å²) in [6.07, 6.45) is 4.18. The Labute approximate surface area is 134 Å². The number of hydrogen-bond acceptors (Lipinski definition) is 5. The first-order valence-corrected chi connectivity index (χ1v) is 6.82. The molecule has 0 spiro atoms. The zero-order chi connectivity index (χ0) is 15.5. The molecule has 0 saturated carbocycles. The van der Waals surface area contributed by atoms with E-state index in [9.17, 15) is 4.79 Å². The first-order chi connectivity index (χ1) is 10.6. The summed E-state index contributed by atoms with van der Waals surface area (Å²) in [5.41, 5.74) is 0.259. The Hall–Kier alpha value is -2.51. The molecule has 0 aliphatic carbocycles. The highest BCUT2D eigenvalue weighted by atomic mass is 35.5. The lowest BCUT2D eigenvalue weighted by atomic mass is 10.2. The van der Waals surface area contributed by atoms with Crippen LogP contribution in [-0.2, 0) is 0 Å². The number of nitrogens with one attached hydrogen (secondary N) is 1. The minimum absolute atomic E-state index is 0.259. The molecule has 0 aliphatic rings. The van der Waals surface area contributed by atoms with Gasteiger partial charge in [0.15, 0.2) is 5.82 Å². The van der Waals surface area contributed by atoms with Crippen LogP contribution in [0.5, 0.6) is 0 Å². The molecule has 0 saturated heterocycles. The fourth-order valence-corrected chi connectivity index (χ4v) is 2.10. The highest BCUT2D eigenvalue weighted by Crippen LogP contribution is 2.21. The monoisotopic (exact) mass is 334 g/mol. The lowest BCUT2D eigenvalue weighted by Gasteiger charge is -2.07. The summed E-state index contributed by atoms with van der Waals surface area (Å²) in [5, 5.41) is 7.30. The van der Waals surface area contributed by atoms with Crippen LogP contribution in [0.15, 0.2) is 43.2 Å². The normalized spacial score (nSPS) is 10.5. The number of anilines is 1. The van der Waals surface area contributed by atoms with Crippen LogP contribution < -0.4 is 5.32 Å². The van der Waals surface area contributed by atoms with Crippen molar-refractivity contribution < 1.29 is 4.79 Å². The molecular formula is C13H8Cl2N6O. The van der Waals surface area contributed by atoms with Gasteiger partial charge in [-0.2, -0.15) is 5.10 Å². The van der Waals surface area contributed by atoms with Crippen LogP contribution in [0.1, 0.15) is 10.4 Å². The fraction of sp³-hybridized carbons (Fsp3) is 0. The number of benzene rings is 1. The molecular weight excluding hydrogens is 327 g/mol. The largest absolute Gasteiger partial charge is 0.306 e. The molecule has 1 aromatic carbocycles. The van der Waals surface area contributed by atoms with Gasteiger partial charge in [0, 0.05) is 11.1 Å². The van der Waals surface area contributed by atoms with E-state index in [2.05, 4.69) is 25.4 Å². The quantitative estimate of drug-likeness (QED) is 0.795. The van der Waals surface area contributed by atoms with Crippen LogP contribution in [0.4, 0.5) is 5.82 Å². The van der Waals surface area contributed by atoms with Crippen molar-refractivity contribution in [3.05, 3.63) is 58.9 Å². The van der Waals surface area contributed by atoms with Crippen molar-refractivity contribution in [3.63, 3.8) is 0 Å². The number of nitrogens with zero attached hydrogens (tertiary/aromatic N) is 5. The Balaban J connectivity index is 1.85. The van der Waals surface area contributed by atoms with Crippen LogP contribution in [0.25, 0.3) is 5.82 Å². The molecule has 9 heteroatoms. The highest BCUT2D eigenvalue weighted by molar-refractivity contribution is 6.36. The van der Waals surface area contributed by atoms with Gasteiger partial charge in [-0.25, -0.2) is 19.6 Å². The van der Waals surface area contributed by atoms with Crippen LogP contribution in [0.3, 0.4) is 0 Å². The standard InChI is InChI=1S/C13H8Cl2N6O/c14-8-1-2-10(15)9(3-8)13(22)20-11-4-12(18-6-17-11)21-7-16-5-19-21/h1-7H,(H,17,18,20,22). The van der Waals surface area contributed by atoms with E-state index in [-0.39, 0.29) is 5.56 Å². The lowest BCUT2D eigenvalue weighted by Crippen LogP contribution is -2.14. The van der Waals surface area contributed by atoms with Gasteiger partial charge in [0.05, 0.1) is 10.6 Å². The third-order valence-corrected chi connectivity index (χ3v) is 3.29. The summed E-state index contributed by atoms with van der Waals surface area (Å²) >= 11 is 11.9. The minimum atomic E-state index is -0.421. The van der Waals surface area contributed by atoms with Crippen molar-refractivity contribution in [3.8, 4) is 5.82 Å². The topological polar surface area (TPSA) is 85.6 Å². The van der Waals surface area contributed by atoms with E-state index in [1.807, 2.05) is 0 Å². The summed E-state index contributed by atoms with van der Waals surface area (Å²) in [7, 11) is 0. The second-order valence-electron chi connectivity index (χ2n) is 4.18. The molecule has 110 valence electrons. The van der Waals surface area contributed by atoms with Crippen molar-refractivity contribution in [1.82, 2.24) is 24.7 Å². The molecule has 0 bridgehead atoms. The molecule has 3 rings (SSSR count). The zero-order valence-electron chi connectivity index (χ0n) is 10.9. The Morgan fingerprint density at radius 1 is 1.14 bits per heavy atom. The summed E-state index contributed by atoms with van der Waals surface area (Å²) in [4.78, 5) is 24.1. The molecule has 3 aromatic rings. The number of carbonyl (C=O) groups is 1. The first-order valence-electron chi connectivity index (χ1n) is 6.07. The predicted octanol–water partition coefficient (Wildman–Crippen LogP) is 2.62. The number of amides is 1. The summed E-state index contributed by atoms with van der Waals surface area (Å²) in [6.45, 7) is 0. The van der Waals surface area contributed by atoms with Gasteiger partial charge in [0.25, 0.3) is 5.91 Å². The van der Waals surface area contributed by atoms with Gasteiger partial charge in [0.1, 0.15) is 24.8 Å². The summed E-state index contributed by atoms with van der Waals surface area (Å²) in [5.74, 6) is 0.359. The fourth-order valence-electron chi connectivity index (χ4n) is 1.72. The molecule has 2 aromatic heterocycles. The molecule has 0 atom stereocenters. The highest BCUT2D eigenvalue weighted by Gasteiger charge is 2.12. The lowest BCUT2D eigenvalue weighted by molar-refractivity contribution is 0.102. The van der Waals surface area contributed by atoms with Crippen LogP contribution in [0.2, 0.25) is 10.0 Å². The average Bonchev–Trinajstić information content (AvgIpc) is 3.04. The summed E-state index contributed by atoms with van der Waals surface area (Å²) in [6, 6.07) is 6.21. The second-order valence-corrected chi connectivity index (χ2v) is 5.02. The van der Waals surface area contributed by atoms with Crippen LogP contribution >= 0.6 is 23.2 Å². The van der Waals surface area contributed by atoms with E-state index in [0.29, 0.717) is 21.7 Å². The number of rotatable bonds is 3. The summed E-state index contributed by atoms with van der Waals surface area (Å²) < 4.78 is 1.45. The van der Waals surface area contributed by atoms with Gasteiger partial charge in [-0.1, -0.05) is 23.2 Å². The number of carbonyl (C=O) groups excluding carboxylic acids is 1.